The summed E-state index contributed by atoms with van der Waals surface area (Å²) >= 11 is 0. The average Bonchev–Trinajstić information content (AvgIpc) is 3.06. The minimum atomic E-state index is -4.04. The normalized spacial score (nSPS) is 11.9. The first kappa shape index (κ1) is 21.9. The lowest BCUT2D eigenvalue weighted by Gasteiger charge is -2.19. The molecule has 9 heteroatoms. The lowest BCUT2D eigenvalue weighted by molar-refractivity contribution is 0.102. The number of fused-ring (bicyclic) bond motifs is 1. The Morgan fingerprint density at radius 1 is 1.13 bits per heavy atom. The van der Waals surface area contributed by atoms with Gasteiger partial charge in [-0.25, -0.2) is 17.8 Å². The number of anilines is 1. The van der Waals surface area contributed by atoms with E-state index in [4.69, 9.17) is 0 Å². The molecule has 0 saturated heterocycles. The zero-order valence-corrected chi connectivity index (χ0v) is 18.0. The summed E-state index contributed by atoms with van der Waals surface area (Å²) in [7, 11) is -4.04. The fourth-order valence-corrected chi connectivity index (χ4v) is 4.89. The molecule has 30 heavy (non-hydrogen) atoms. The number of nitrogens with one attached hydrogen (secondary N) is 1. The molecule has 1 aromatic heterocycles. The molecule has 2 aromatic carbocycles. The van der Waals surface area contributed by atoms with Crippen LogP contribution < -0.4 is 5.32 Å². The molecule has 0 radical (unpaired) electrons. The number of halogens is 1. The molecule has 160 valence electrons. The molecule has 0 atom stereocenters. The number of aryl methyl sites for hydroxylation is 1. The highest BCUT2D eigenvalue weighted by atomic mass is 32.2. The van der Waals surface area contributed by atoms with Gasteiger partial charge < -0.3 is 4.57 Å². The van der Waals surface area contributed by atoms with E-state index >= 15 is 0 Å². The topological polar surface area (TPSA) is 84.3 Å². The van der Waals surface area contributed by atoms with E-state index in [0.29, 0.717) is 12.5 Å². The maximum atomic E-state index is 14.3. The Balaban J connectivity index is 1.97. The van der Waals surface area contributed by atoms with Crippen LogP contribution in [-0.4, -0.2) is 41.3 Å². The number of amides is 1. The summed E-state index contributed by atoms with van der Waals surface area (Å²) in [6.07, 6.45) is 0.839. The van der Waals surface area contributed by atoms with Gasteiger partial charge in [0, 0.05) is 25.2 Å². The zero-order valence-electron chi connectivity index (χ0n) is 17.2. The number of imidazole rings is 1. The molecule has 0 fully saturated rings. The van der Waals surface area contributed by atoms with E-state index in [0.717, 1.165) is 33.9 Å². The number of carbonyl (C=O) groups excluding carboxylic acids is 1. The summed E-state index contributed by atoms with van der Waals surface area (Å²) in [5.74, 6) is -1.09. The van der Waals surface area contributed by atoms with Gasteiger partial charge in [0.05, 0.1) is 11.0 Å². The number of nitrogens with zero attached hydrogens (tertiary/aromatic N) is 3. The van der Waals surface area contributed by atoms with Crippen molar-refractivity contribution in [2.45, 2.75) is 38.6 Å². The Kier molecular flexibility index (Phi) is 6.52. The molecule has 3 aromatic rings. The minimum Gasteiger partial charge on any atom is -0.310 e. The highest BCUT2D eigenvalue weighted by Gasteiger charge is 2.26. The largest absolute Gasteiger partial charge is 0.310 e. The van der Waals surface area contributed by atoms with Crippen LogP contribution in [0.5, 0.6) is 0 Å². The van der Waals surface area contributed by atoms with Gasteiger partial charge in [0.25, 0.3) is 5.91 Å². The van der Waals surface area contributed by atoms with Crippen LogP contribution in [-0.2, 0) is 16.6 Å². The number of sulfonamides is 1. The number of benzene rings is 2. The van der Waals surface area contributed by atoms with Crippen LogP contribution in [0.25, 0.3) is 11.0 Å². The quantitative estimate of drug-likeness (QED) is 0.586. The molecular formula is C21H25FN4O3S. The molecule has 0 aliphatic carbocycles. The lowest BCUT2D eigenvalue weighted by atomic mass is 10.2. The third kappa shape index (κ3) is 4.08. The monoisotopic (exact) mass is 432 g/mol. The molecule has 0 aliphatic rings. The van der Waals surface area contributed by atoms with Crippen molar-refractivity contribution >= 4 is 32.9 Å². The van der Waals surface area contributed by atoms with Crippen LogP contribution in [0.3, 0.4) is 0 Å². The summed E-state index contributed by atoms with van der Waals surface area (Å²) in [6.45, 7) is 6.43. The van der Waals surface area contributed by atoms with E-state index < -0.39 is 26.6 Å². The van der Waals surface area contributed by atoms with E-state index in [2.05, 4.69) is 10.3 Å². The van der Waals surface area contributed by atoms with Gasteiger partial charge in [0.1, 0.15) is 10.7 Å². The predicted octanol–water partition coefficient (Wildman–Crippen LogP) is 3.87. The molecule has 1 N–H and O–H groups in total. The van der Waals surface area contributed by atoms with E-state index in [1.807, 2.05) is 35.8 Å². The zero-order chi connectivity index (χ0) is 21.9. The summed E-state index contributed by atoms with van der Waals surface area (Å²) in [4.78, 5) is 16.8. The maximum absolute atomic E-state index is 14.3. The molecule has 7 nitrogen and oxygen atoms in total. The van der Waals surface area contributed by atoms with Gasteiger partial charge in [0.15, 0.2) is 0 Å². The van der Waals surface area contributed by atoms with Gasteiger partial charge in [-0.1, -0.05) is 32.9 Å². The molecule has 0 bridgehead atoms. The lowest BCUT2D eigenvalue weighted by Crippen LogP contribution is -2.31. The van der Waals surface area contributed by atoms with Crippen LogP contribution in [0, 0.1) is 5.82 Å². The number of hydrogen-bond donors (Lipinski definition) is 1. The predicted molar refractivity (Wildman–Crippen MR) is 114 cm³/mol. The van der Waals surface area contributed by atoms with E-state index in [9.17, 15) is 17.6 Å². The van der Waals surface area contributed by atoms with Gasteiger partial charge in [0.2, 0.25) is 16.0 Å². The first-order valence-corrected chi connectivity index (χ1v) is 11.3. The Morgan fingerprint density at radius 2 is 1.83 bits per heavy atom. The number of carbonyl (C=O) groups is 1. The second-order valence-corrected chi connectivity index (χ2v) is 8.67. The van der Waals surface area contributed by atoms with E-state index in [1.54, 1.807) is 13.8 Å². The highest BCUT2D eigenvalue weighted by molar-refractivity contribution is 7.89. The third-order valence-corrected chi connectivity index (χ3v) is 6.91. The van der Waals surface area contributed by atoms with Gasteiger partial charge >= 0.3 is 0 Å². The van der Waals surface area contributed by atoms with Gasteiger partial charge in [-0.2, -0.15) is 4.31 Å². The van der Waals surface area contributed by atoms with Crippen LogP contribution in [0.1, 0.15) is 37.6 Å². The Hall–Kier alpha value is -2.78. The summed E-state index contributed by atoms with van der Waals surface area (Å²) in [5.41, 5.74) is 1.67. The van der Waals surface area contributed by atoms with Crippen molar-refractivity contribution in [3.63, 3.8) is 0 Å². The smallest absolute Gasteiger partial charge is 0.258 e. The van der Waals surface area contributed by atoms with Crippen molar-refractivity contribution in [1.29, 1.82) is 0 Å². The van der Waals surface area contributed by atoms with Gasteiger partial charge in [-0.3, -0.25) is 10.1 Å². The number of rotatable bonds is 8. The maximum Gasteiger partial charge on any atom is 0.258 e. The number of hydrogen-bond acceptors (Lipinski definition) is 4. The van der Waals surface area contributed by atoms with Crippen molar-refractivity contribution in [3.8, 4) is 0 Å². The summed E-state index contributed by atoms with van der Waals surface area (Å²) in [6, 6.07) is 10.9. The molecule has 3 rings (SSSR count). The van der Waals surface area contributed by atoms with Crippen molar-refractivity contribution in [2.24, 2.45) is 0 Å². The van der Waals surface area contributed by atoms with Crippen LogP contribution >= 0.6 is 0 Å². The van der Waals surface area contributed by atoms with Crippen molar-refractivity contribution < 1.29 is 17.6 Å². The first-order valence-electron chi connectivity index (χ1n) is 9.89. The van der Waals surface area contributed by atoms with Gasteiger partial charge in [-0.15, -0.1) is 0 Å². The Labute approximate surface area is 175 Å². The summed E-state index contributed by atoms with van der Waals surface area (Å²) in [5, 5.41) is 2.74. The third-order valence-electron chi connectivity index (χ3n) is 4.84. The van der Waals surface area contributed by atoms with Crippen LogP contribution in [0.2, 0.25) is 0 Å². The average molecular weight is 433 g/mol. The van der Waals surface area contributed by atoms with Crippen LogP contribution in [0.4, 0.5) is 10.3 Å². The number of para-hydroxylation sites is 2. The Bertz CT molecular complexity index is 1170. The van der Waals surface area contributed by atoms with Crippen molar-refractivity contribution in [3.05, 3.63) is 53.8 Å². The standard InChI is InChI=1S/C21H25FN4O3S/c1-4-13-26-18-10-8-7-9-17(18)23-21(26)24-20(27)15-11-12-16(22)19(14-15)30(28,29)25(5-2)6-3/h7-12,14H,4-6,13H2,1-3H3,(H,23,24,27). The molecule has 0 aliphatic heterocycles. The SMILES string of the molecule is CCCn1c(NC(=O)c2ccc(F)c(S(=O)(=O)N(CC)CC)c2)nc2ccccc21. The molecule has 0 spiro atoms. The molecule has 0 unspecified atom stereocenters. The molecular weight excluding hydrogens is 407 g/mol. The Morgan fingerprint density at radius 3 is 2.50 bits per heavy atom. The highest BCUT2D eigenvalue weighted by Crippen LogP contribution is 2.23. The van der Waals surface area contributed by atoms with Crippen LogP contribution in [0.15, 0.2) is 47.4 Å². The second-order valence-electron chi connectivity index (χ2n) is 6.76. The fraction of sp³-hybridized carbons (Fsp3) is 0.333. The van der Waals surface area contributed by atoms with E-state index in [-0.39, 0.29) is 18.7 Å². The first-order chi connectivity index (χ1) is 14.3. The summed E-state index contributed by atoms with van der Waals surface area (Å²) < 4.78 is 42.9. The molecule has 1 heterocycles. The fourth-order valence-electron chi connectivity index (χ4n) is 3.34. The van der Waals surface area contributed by atoms with Crippen molar-refractivity contribution in [2.75, 3.05) is 18.4 Å². The molecule has 0 saturated carbocycles. The van der Waals surface area contributed by atoms with Gasteiger partial charge in [-0.05, 0) is 36.8 Å². The number of aromatic nitrogens is 2. The minimum absolute atomic E-state index is 0.0391. The molecule has 1 amide bonds. The van der Waals surface area contributed by atoms with E-state index in [1.165, 1.54) is 6.07 Å². The second kappa shape index (κ2) is 8.93. The van der Waals surface area contributed by atoms with Crippen molar-refractivity contribution in [1.82, 2.24) is 13.9 Å².